The van der Waals surface area contributed by atoms with Gasteiger partial charge in [0.25, 0.3) is 5.91 Å². The minimum atomic E-state index is -0.114. The molecule has 1 aromatic rings. The van der Waals surface area contributed by atoms with Gasteiger partial charge in [-0.15, -0.1) is 0 Å². The maximum Gasteiger partial charge on any atom is 0.276 e. The van der Waals surface area contributed by atoms with E-state index >= 15 is 0 Å². The molecule has 0 saturated carbocycles. The maximum atomic E-state index is 12.4. The van der Waals surface area contributed by atoms with Crippen LogP contribution in [0.4, 0.5) is 5.69 Å². The molecule has 20 heavy (non-hydrogen) atoms. The number of amides is 1. The van der Waals surface area contributed by atoms with E-state index in [0.29, 0.717) is 17.3 Å². The highest BCUT2D eigenvalue weighted by molar-refractivity contribution is 5.97. The summed E-state index contributed by atoms with van der Waals surface area (Å²) < 4.78 is 5.33. The first-order valence-electron chi connectivity index (χ1n) is 7.17. The number of carbonyl (C=O) groups is 1. The first-order valence-corrected chi connectivity index (χ1v) is 7.17. The minimum Gasteiger partial charge on any atom is -0.395 e. The van der Waals surface area contributed by atoms with Crippen molar-refractivity contribution in [1.29, 1.82) is 0 Å². The van der Waals surface area contributed by atoms with Gasteiger partial charge in [0.05, 0.1) is 11.4 Å². The molecule has 1 aliphatic heterocycles. The summed E-state index contributed by atoms with van der Waals surface area (Å²) in [7, 11) is 1.81. The van der Waals surface area contributed by atoms with E-state index in [1.807, 2.05) is 13.8 Å². The summed E-state index contributed by atoms with van der Waals surface area (Å²) in [6, 6.07) is 0. The van der Waals surface area contributed by atoms with Crippen LogP contribution in [0.1, 0.15) is 48.8 Å². The van der Waals surface area contributed by atoms with Crippen LogP contribution in [-0.2, 0) is 4.74 Å². The number of nitrogen functional groups attached to an aromatic ring is 1. The summed E-state index contributed by atoms with van der Waals surface area (Å²) in [6.45, 7) is 6.34. The van der Waals surface area contributed by atoms with Crippen molar-refractivity contribution in [2.75, 3.05) is 32.5 Å². The molecule has 6 nitrogen and oxygen atoms in total. The molecule has 2 rings (SSSR count). The number of ether oxygens (including phenoxy) is 1. The number of hydrogen-bond donors (Lipinski definition) is 2. The first-order chi connectivity index (χ1) is 9.50. The Hall–Kier alpha value is -1.56. The van der Waals surface area contributed by atoms with E-state index in [-0.39, 0.29) is 11.8 Å². The van der Waals surface area contributed by atoms with Crippen molar-refractivity contribution in [2.24, 2.45) is 5.92 Å². The van der Waals surface area contributed by atoms with E-state index in [4.69, 9.17) is 10.5 Å². The smallest absolute Gasteiger partial charge is 0.276 e. The number of anilines is 1. The van der Waals surface area contributed by atoms with Crippen LogP contribution in [0.5, 0.6) is 0 Å². The Bertz CT molecular complexity index is 464. The van der Waals surface area contributed by atoms with Gasteiger partial charge in [-0.25, -0.2) is 0 Å². The van der Waals surface area contributed by atoms with Crippen molar-refractivity contribution >= 4 is 11.6 Å². The molecule has 1 saturated heterocycles. The summed E-state index contributed by atoms with van der Waals surface area (Å²) in [5.41, 5.74) is 7.65. The van der Waals surface area contributed by atoms with E-state index in [1.165, 1.54) is 0 Å². The predicted octanol–water partition coefficient (Wildman–Crippen LogP) is 1.61. The lowest BCUT2D eigenvalue weighted by Crippen LogP contribution is -2.34. The standard InChI is InChI=1S/C14H24N4O2/c1-9(2)12-11(15)13(17-16-12)14(19)18(3)8-10-4-6-20-7-5-10/h9-10H,4-8,15H2,1-3H3,(H,16,17). The topological polar surface area (TPSA) is 84.2 Å². The fourth-order valence-corrected chi connectivity index (χ4v) is 2.55. The van der Waals surface area contributed by atoms with Crippen LogP contribution < -0.4 is 5.73 Å². The third kappa shape index (κ3) is 3.12. The van der Waals surface area contributed by atoms with E-state index in [2.05, 4.69) is 10.2 Å². The van der Waals surface area contributed by atoms with E-state index in [0.717, 1.165) is 38.3 Å². The van der Waals surface area contributed by atoms with Gasteiger partial charge in [-0.2, -0.15) is 5.10 Å². The van der Waals surface area contributed by atoms with Gasteiger partial charge in [-0.3, -0.25) is 9.89 Å². The van der Waals surface area contributed by atoms with Crippen LogP contribution in [0.25, 0.3) is 0 Å². The maximum absolute atomic E-state index is 12.4. The molecule has 0 atom stereocenters. The van der Waals surface area contributed by atoms with Gasteiger partial charge in [0.1, 0.15) is 0 Å². The van der Waals surface area contributed by atoms with Gasteiger partial charge in [-0.05, 0) is 24.7 Å². The molecule has 1 fully saturated rings. The Morgan fingerprint density at radius 2 is 2.15 bits per heavy atom. The Kier molecular flexibility index (Phi) is 4.65. The fourth-order valence-electron chi connectivity index (χ4n) is 2.55. The Morgan fingerprint density at radius 3 is 2.70 bits per heavy atom. The number of aromatic amines is 1. The van der Waals surface area contributed by atoms with Gasteiger partial charge in [-0.1, -0.05) is 13.8 Å². The van der Waals surface area contributed by atoms with Crippen molar-refractivity contribution in [1.82, 2.24) is 15.1 Å². The molecule has 0 aliphatic carbocycles. The van der Waals surface area contributed by atoms with Crippen LogP contribution in [0.15, 0.2) is 0 Å². The molecule has 6 heteroatoms. The second-order valence-corrected chi connectivity index (χ2v) is 5.80. The summed E-state index contributed by atoms with van der Waals surface area (Å²) in [4.78, 5) is 14.1. The molecule has 0 bridgehead atoms. The zero-order valence-electron chi connectivity index (χ0n) is 12.5. The van der Waals surface area contributed by atoms with Gasteiger partial charge in [0.2, 0.25) is 0 Å². The van der Waals surface area contributed by atoms with Crippen LogP contribution in [-0.4, -0.2) is 47.8 Å². The Labute approximate surface area is 119 Å². The number of carbonyl (C=O) groups excluding carboxylic acids is 1. The van der Waals surface area contributed by atoms with Crippen molar-refractivity contribution in [3.63, 3.8) is 0 Å². The molecule has 3 N–H and O–H groups in total. The van der Waals surface area contributed by atoms with E-state index < -0.39 is 0 Å². The normalized spacial score (nSPS) is 16.6. The summed E-state index contributed by atoms with van der Waals surface area (Å²) >= 11 is 0. The summed E-state index contributed by atoms with van der Waals surface area (Å²) in [6.07, 6.45) is 2.01. The van der Waals surface area contributed by atoms with Gasteiger partial charge >= 0.3 is 0 Å². The van der Waals surface area contributed by atoms with Gasteiger partial charge in [0, 0.05) is 26.8 Å². The molecule has 1 aromatic heterocycles. The minimum absolute atomic E-state index is 0.114. The fraction of sp³-hybridized carbons (Fsp3) is 0.714. The molecular formula is C14H24N4O2. The van der Waals surface area contributed by atoms with Gasteiger partial charge in [0.15, 0.2) is 5.69 Å². The molecule has 0 radical (unpaired) electrons. The van der Waals surface area contributed by atoms with E-state index in [1.54, 1.807) is 11.9 Å². The van der Waals surface area contributed by atoms with E-state index in [9.17, 15) is 4.79 Å². The Balaban J connectivity index is 2.02. The third-order valence-electron chi connectivity index (χ3n) is 3.83. The number of nitrogens with one attached hydrogen (secondary N) is 1. The number of rotatable bonds is 4. The molecule has 0 unspecified atom stereocenters. The van der Waals surface area contributed by atoms with Gasteiger partial charge < -0.3 is 15.4 Å². The third-order valence-corrected chi connectivity index (χ3v) is 3.83. The molecule has 0 spiro atoms. The second kappa shape index (κ2) is 6.26. The lowest BCUT2D eigenvalue weighted by molar-refractivity contribution is 0.0495. The Morgan fingerprint density at radius 1 is 1.50 bits per heavy atom. The highest BCUT2D eigenvalue weighted by Gasteiger charge is 2.24. The molecule has 1 aliphatic rings. The molecule has 1 amide bonds. The average Bonchev–Trinajstić information content (AvgIpc) is 2.81. The lowest BCUT2D eigenvalue weighted by Gasteiger charge is -2.26. The molecule has 0 aromatic carbocycles. The number of hydrogen-bond acceptors (Lipinski definition) is 4. The van der Waals surface area contributed by atoms with Crippen LogP contribution in [0.3, 0.4) is 0 Å². The largest absolute Gasteiger partial charge is 0.395 e. The first kappa shape index (κ1) is 14.8. The monoisotopic (exact) mass is 280 g/mol. The zero-order chi connectivity index (χ0) is 14.7. The SMILES string of the molecule is CC(C)c1[nH]nc(C(=O)N(C)CC2CCOCC2)c1N. The molecule has 2 heterocycles. The predicted molar refractivity (Wildman–Crippen MR) is 77.6 cm³/mol. The number of nitrogens with two attached hydrogens (primary N) is 1. The number of aromatic nitrogens is 2. The van der Waals surface area contributed by atoms with Crippen molar-refractivity contribution in [2.45, 2.75) is 32.6 Å². The zero-order valence-corrected chi connectivity index (χ0v) is 12.5. The summed E-state index contributed by atoms with van der Waals surface area (Å²) in [5, 5.41) is 6.96. The van der Waals surface area contributed by atoms with Crippen LogP contribution in [0.2, 0.25) is 0 Å². The van der Waals surface area contributed by atoms with Crippen molar-refractivity contribution in [3.05, 3.63) is 11.4 Å². The second-order valence-electron chi connectivity index (χ2n) is 5.80. The van der Waals surface area contributed by atoms with Crippen molar-refractivity contribution < 1.29 is 9.53 Å². The average molecular weight is 280 g/mol. The molecule has 112 valence electrons. The molecular weight excluding hydrogens is 256 g/mol. The lowest BCUT2D eigenvalue weighted by atomic mass is 10.00. The summed E-state index contributed by atoms with van der Waals surface area (Å²) in [5.74, 6) is 0.615. The van der Waals surface area contributed by atoms with Crippen LogP contribution >= 0.6 is 0 Å². The quantitative estimate of drug-likeness (QED) is 0.877. The highest BCUT2D eigenvalue weighted by Crippen LogP contribution is 2.23. The highest BCUT2D eigenvalue weighted by atomic mass is 16.5. The number of nitrogens with zero attached hydrogens (tertiary/aromatic N) is 2. The van der Waals surface area contributed by atoms with Crippen LogP contribution in [0, 0.1) is 5.92 Å². The van der Waals surface area contributed by atoms with Crippen molar-refractivity contribution in [3.8, 4) is 0 Å². The number of H-pyrrole nitrogens is 1.